The lowest BCUT2D eigenvalue weighted by molar-refractivity contribution is -0.147. The maximum Gasteiger partial charge on any atom is 0.329 e. The Labute approximate surface area is 91.8 Å². The first-order chi connectivity index (χ1) is 7.00. The summed E-state index contributed by atoms with van der Waals surface area (Å²) in [7, 11) is 0. The number of carboxylic acids is 1. The third-order valence-corrected chi connectivity index (χ3v) is 3.38. The molecule has 0 aromatic rings. The van der Waals surface area contributed by atoms with E-state index in [-0.39, 0.29) is 12.7 Å². The summed E-state index contributed by atoms with van der Waals surface area (Å²) in [5.41, 5.74) is 0. The predicted molar refractivity (Wildman–Crippen MR) is 58.7 cm³/mol. The SMILES string of the molecule is CC(C)[C@@H]1CC[C@@H](C)C[C@@H]1OCC(=O)O. The van der Waals surface area contributed by atoms with Gasteiger partial charge in [-0.15, -0.1) is 0 Å². The first-order valence-electron chi connectivity index (χ1n) is 5.84. The molecule has 1 saturated carbocycles. The van der Waals surface area contributed by atoms with Crippen LogP contribution in [0.5, 0.6) is 0 Å². The predicted octanol–water partition coefficient (Wildman–Crippen LogP) is 2.55. The lowest BCUT2D eigenvalue weighted by Gasteiger charge is -2.36. The number of carbonyl (C=O) groups is 1. The fraction of sp³-hybridized carbons (Fsp3) is 0.917. The lowest BCUT2D eigenvalue weighted by atomic mass is 9.75. The Hall–Kier alpha value is -0.570. The Balaban J connectivity index is 2.50. The molecular weight excluding hydrogens is 192 g/mol. The van der Waals surface area contributed by atoms with E-state index in [0.29, 0.717) is 17.8 Å². The molecule has 3 heteroatoms. The Bertz CT molecular complexity index is 213. The molecule has 0 saturated heterocycles. The molecule has 0 aromatic carbocycles. The molecule has 1 N–H and O–H groups in total. The summed E-state index contributed by atoms with van der Waals surface area (Å²) in [6.45, 7) is 6.45. The zero-order valence-corrected chi connectivity index (χ0v) is 9.90. The van der Waals surface area contributed by atoms with Crippen molar-refractivity contribution in [3.63, 3.8) is 0 Å². The molecule has 0 bridgehead atoms. The number of ether oxygens (including phenoxy) is 1. The molecule has 0 unspecified atom stereocenters. The molecule has 3 nitrogen and oxygen atoms in total. The summed E-state index contributed by atoms with van der Waals surface area (Å²) < 4.78 is 5.49. The fourth-order valence-corrected chi connectivity index (χ4v) is 2.48. The largest absolute Gasteiger partial charge is 0.480 e. The van der Waals surface area contributed by atoms with Crippen LogP contribution in [0.4, 0.5) is 0 Å². The first kappa shape index (κ1) is 12.5. The van der Waals surface area contributed by atoms with E-state index >= 15 is 0 Å². The minimum Gasteiger partial charge on any atom is -0.480 e. The van der Waals surface area contributed by atoms with Gasteiger partial charge in [0.15, 0.2) is 0 Å². The van der Waals surface area contributed by atoms with Gasteiger partial charge < -0.3 is 9.84 Å². The van der Waals surface area contributed by atoms with Crippen LogP contribution in [0, 0.1) is 17.8 Å². The van der Waals surface area contributed by atoms with Crippen molar-refractivity contribution in [3.05, 3.63) is 0 Å². The third kappa shape index (κ3) is 3.82. The monoisotopic (exact) mass is 214 g/mol. The molecule has 3 atom stereocenters. The highest BCUT2D eigenvalue weighted by Crippen LogP contribution is 2.35. The van der Waals surface area contributed by atoms with Crippen LogP contribution in [-0.2, 0) is 9.53 Å². The molecule has 1 rings (SSSR count). The van der Waals surface area contributed by atoms with Crippen molar-refractivity contribution >= 4 is 5.97 Å². The van der Waals surface area contributed by atoms with Crippen LogP contribution < -0.4 is 0 Å². The second kappa shape index (κ2) is 5.50. The number of rotatable bonds is 4. The molecule has 88 valence electrons. The van der Waals surface area contributed by atoms with Crippen LogP contribution in [0.3, 0.4) is 0 Å². The van der Waals surface area contributed by atoms with Gasteiger partial charge in [0.2, 0.25) is 0 Å². The maximum absolute atomic E-state index is 10.5. The molecule has 15 heavy (non-hydrogen) atoms. The van der Waals surface area contributed by atoms with Crippen molar-refractivity contribution in [1.82, 2.24) is 0 Å². The molecular formula is C12H22O3. The van der Waals surface area contributed by atoms with Crippen molar-refractivity contribution in [2.75, 3.05) is 6.61 Å². The summed E-state index contributed by atoms with van der Waals surface area (Å²) >= 11 is 0. The average Bonchev–Trinajstić information content (AvgIpc) is 2.14. The number of carboxylic acid groups (broad SMARTS) is 1. The summed E-state index contributed by atoms with van der Waals surface area (Å²) in [6, 6.07) is 0. The van der Waals surface area contributed by atoms with E-state index in [0.717, 1.165) is 6.42 Å². The number of aliphatic carboxylic acids is 1. The highest BCUT2D eigenvalue weighted by Gasteiger charge is 2.31. The molecule has 1 fully saturated rings. The van der Waals surface area contributed by atoms with E-state index in [9.17, 15) is 4.79 Å². The molecule has 1 aliphatic carbocycles. The van der Waals surface area contributed by atoms with Crippen LogP contribution >= 0.6 is 0 Å². The smallest absolute Gasteiger partial charge is 0.329 e. The highest BCUT2D eigenvalue weighted by molar-refractivity contribution is 5.68. The quantitative estimate of drug-likeness (QED) is 0.782. The zero-order chi connectivity index (χ0) is 11.4. The first-order valence-corrected chi connectivity index (χ1v) is 5.84. The molecule has 0 spiro atoms. The second-order valence-electron chi connectivity index (χ2n) is 5.07. The molecule has 0 heterocycles. The Morgan fingerprint density at radius 1 is 1.47 bits per heavy atom. The normalized spacial score (nSPS) is 31.9. The van der Waals surface area contributed by atoms with Gasteiger partial charge in [0.05, 0.1) is 6.10 Å². The van der Waals surface area contributed by atoms with Gasteiger partial charge in [-0.1, -0.05) is 27.2 Å². The number of hydrogen-bond donors (Lipinski definition) is 1. The van der Waals surface area contributed by atoms with Crippen LogP contribution in [-0.4, -0.2) is 23.8 Å². The highest BCUT2D eigenvalue weighted by atomic mass is 16.5. The van der Waals surface area contributed by atoms with Gasteiger partial charge in [-0.05, 0) is 30.6 Å². The van der Waals surface area contributed by atoms with Crippen molar-refractivity contribution in [2.45, 2.75) is 46.1 Å². The van der Waals surface area contributed by atoms with E-state index in [4.69, 9.17) is 9.84 Å². The molecule has 0 aliphatic heterocycles. The topological polar surface area (TPSA) is 46.5 Å². The Morgan fingerprint density at radius 2 is 2.13 bits per heavy atom. The maximum atomic E-state index is 10.5. The molecule has 0 aromatic heterocycles. The van der Waals surface area contributed by atoms with Crippen molar-refractivity contribution in [1.29, 1.82) is 0 Å². The van der Waals surface area contributed by atoms with Crippen LogP contribution in [0.15, 0.2) is 0 Å². The van der Waals surface area contributed by atoms with E-state index in [2.05, 4.69) is 20.8 Å². The fourth-order valence-electron chi connectivity index (χ4n) is 2.48. The van der Waals surface area contributed by atoms with Crippen molar-refractivity contribution in [2.24, 2.45) is 17.8 Å². The summed E-state index contributed by atoms with van der Waals surface area (Å²) in [5.74, 6) is 0.909. The minimum absolute atomic E-state index is 0.143. The summed E-state index contributed by atoms with van der Waals surface area (Å²) in [4.78, 5) is 10.5. The van der Waals surface area contributed by atoms with Gasteiger partial charge in [0.25, 0.3) is 0 Å². The molecule has 1 aliphatic rings. The number of hydrogen-bond acceptors (Lipinski definition) is 2. The van der Waals surface area contributed by atoms with Gasteiger partial charge in [-0.25, -0.2) is 4.79 Å². The average molecular weight is 214 g/mol. The van der Waals surface area contributed by atoms with E-state index in [1.54, 1.807) is 0 Å². The van der Waals surface area contributed by atoms with E-state index < -0.39 is 5.97 Å². The van der Waals surface area contributed by atoms with Gasteiger partial charge in [-0.2, -0.15) is 0 Å². The van der Waals surface area contributed by atoms with Crippen LogP contribution in [0.1, 0.15) is 40.0 Å². The summed E-state index contributed by atoms with van der Waals surface area (Å²) in [5, 5.41) is 8.61. The van der Waals surface area contributed by atoms with Crippen molar-refractivity contribution < 1.29 is 14.6 Å². The van der Waals surface area contributed by atoms with Crippen LogP contribution in [0.2, 0.25) is 0 Å². The minimum atomic E-state index is -0.865. The Kier molecular flexibility index (Phi) is 4.58. The standard InChI is InChI=1S/C12H22O3/c1-8(2)10-5-4-9(3)6-11(10)15-7-12(13)14/h8-11H,4-7H2,1-3H3,(H,13,14)/t9-,10+,11+/m1/s1. The van der Waals surface area contributed by atoms with Crippen LogP contribution in [0.25, 0.3) is 0 Å². The van der Waals surface area contributed by atoms with Gasteiger partial charge in [0.1, 0.15) is 6.61 Å². The van der Waals surface area contributed by atoms with E-state index in [1.807, 2.05) is 0 Å². The zero-order valence-electron chi connectivity index (χ0n) is 9.90. The van der Waals surface area contributed by atoms with Crippen molar-refractivity contribution in [3.8, 4) is 0 Å². The summed E-state index contributed by atoms with van der Waals surface area (Å²) in [6.07, 6.45) is 3.57. The second-order valence-corrected chi connectivity index (χ2v) is 5.07. The van der Waals surface area contributed by atoms with Gasteiger partial charge in [0, 0.05) is 0 Å². The third-order valence-electron chi connectivity index (χ3n) is 3.38. The molecule has 0 radical (unpaired) electrons. The lowest BCUT2D eigenvalue weighted by Crippen LogP contribution is -2.35. The van der Waals surface area contributed by atoms with Gasteiger partial charge in [-0.3, -0.25) is 0 Å². The van der Waals surface area contributed by atoms with E-state index in [1.165, 1.54) is 12.8 Å². The Morgan fingerprint density at radius 3 is 2.67 bits per heavy atom. The molecule has 0 amide bonds. The van der Waals surface area contributed by atoms with Gasteiger partial charge >= 0.3 is 5.97 Å².